The van der Waals surface area contributed by atoms with Gasteiger partial charge in [0.15, 0.2) is 0 Å². The smallest absolute Gasteiger partial charge is 0.340 e. The van der Waals surface area contributed by atoms with Gasteiger partial charge in [-0.3, -0.25) is 9.69 Å². The lowest BCUT2D eigenvalue weighted by atomic mass is 10.3. The van der Waals surface area contributed by atoms with Gasteiger partial charge < -0.3 is 4.90 Å². The van der Waals surface area contributed by atoms with Crippen LogP contribution in [0.3, 0.4) is 0 Å². The summed E-state index contributed by atoms with van der Waals surface area (Å²) in [7, 11) is 0. The van der Waals surface area contributed by atoms with Gasteiger partial charge >= 0.3 is 6.18 Å². The first-order chi connectivity index (χ1) is 8.92. The van der Waals surface area contributed by atoms with Crippen molar-refractivity contribution in [2.24, 2.45) is 0 Å². The molecule has 1 heterocycles. The predicted molar refractivity (Wildman–Crippen MR) is 72.1 cm³/mol. The Labute approximate surface area is 114 Å². The zero-order valence-electron chi connectivity index (χ0n) is 12.7. The van der Waals surface area contributed by atoms with Gasteiger partial charge in [0.1, 0.15) is 0 Å². The van der Waals surface area contributed by atoms with Gasteiger partial charge in [0.05, 0.1) is 6.54 Å². The number of carbonyl (C=O) groups is 1. The highest BCUT2D eigenvalue weighted by atomic mass is 19.4. The molecule has 19 heavy (non-hydrogen) atoms. The number of nitrogens with zero attached hydrogens (tertiary/aromatic N) is 2. The van der Waals surface area contributed by atoms with Crippen molar-refractivity contribution in [3.8, 4) is 0 Å². The second-order valence-electron chi connectivity index (χ2n) is 3.63. The van der Waals surface area contributed by atoms with Crippen molar-refractivity contribution in [3.05, 3.63) is 0 Å². The lowest BCUT2D eigenvalue weighted by Gasteiger charge is -2.34. The van der Waals surface area contributed by atoms with Gasteiger partial charge in [-0.25, -0.2) is 0 Å². The Balaban J connectivity index is 0. The summed E-state index contributed by atoms with van der Waals surface area (Å²) in [4.78, 5) is 14.2. The van der Waals surface area contributed by atoms with E-state index < -0.39 is 12.7 Å². The van der Waals surface area contributed by atoms with Gasteiger partial charge in [0, 0.05) is 32.6 Å². The molecule has 116 valence electrons. The minimum atomic E-state index is -4.14. The Morgan fingerprint density at radius 3 is 1.74 bits per heavy atom. The highest BCUT2D eigenvalue weighted by molar-refractivity contribution is 5.75. The Morgan fingerprint density at radius 1 is 1.00 bits per heavy atom. The molecule has 0 atom stereocenters. The molecular formula is C13H27F3N2O. The molecule has 0 radical (unpaired) electrons. The average molecular weight is 284 g/mol. The second kappa shape index (κ2) is 11.1. The molecule has 1 fully saturated rings. The topological polar surface area (TPSA) is 23.6 Å². The first-order valence-electron chi connectivity index (χ1n) is 6.99. The number of hydrogen-bond acceptors (Lipinski definition) is 2. The van der Waals surface area contributed by atoms with Crippen LogP contribution in [0.25, 0.3) is 0 Å². The van der Waals surface area contributed by atoms with E-state index >= 15 is 0 Å². The van der Waals surface area contributed by atoms with Crippen LogP contribution in [0.4, 0.5) is 13.2 Å². The molecule has 0 unspecified atom stereocenters. The summed E-state index contributed by atoms with van der Waals surface area (Å²) in [5.74, 6) is 0.0154. The Morgan fingerprint density at radius 2 is 1.42 bits per heavy atom. The Bertz CT molecular complexity index is 224. The number of carbonyl (C=O) groups excluding carboxylic acids is 1. The van der Waals surface area contributed by atoms with E-state index in [1.165, 1.54) is 4.90 Å². The van der Waals surface area contributed by atoms with Gasteiger partial charge in [-0.15, -0.1) is 0 Å². The second-order valence-corrected chi connectivity index (χ2v) is 3.63. The summed E-state index contributed by atoms with van der Waals surface area (Å²) in [5.41, 5.74) is 0. The van der Waals surface area contributed by atoms with Crippen molar-refractivity contribution in [2.75, 3.05) is 32.7 Å². The first kappa shape index (κ1) is 20.5. The van der Waals surface area contributed by atoms with Crippen molar-refractivity contribution in [2.45, 2.75) is 47.2 Å². The molecule has 0 aromatic carbocycles. The van der Waals surface area contributed by atoms with E-state index in [1.807, 2.05) is 27.7 Å². The molecule has 6 heteroatoms. The number of alkyl halides is 3. The fourth-order valence-electron chi connectivity index (χ4n) is 1.63. The van der Waals surface area contributed by atoms with Gasteiger partial charge in [0.25, 0.3) is 0 Å². The van der Waals surface area contributed by atoms with E-state index in [1.54, 1.807) is 11.8 Å². The minimum Gasteiger partial charge on any atom is -0.340 e. The zero-order valence-corrected chi connectivity index (χ0v) is 12.7. The molecule has 1 aliphatic heterocycles. The molecule has 0 bridgehead atoms. The van der Waals surface area contributed by atoms with Gasteiger partial charge in [-0.2, -0.15) is 13.2 Å². The van der Waals surface area contributed by atoms with E-state index in [0.29, 0.717) is 32.6 Å². The SMILES string of the molecule is CC.CC.CCC(=O)N1CCN(CC(F)(F)F)CC1. The molecule has 0 aromatic rings. The third-order valence-corrected chi connectivity index (χ3v) is 2.43. The highest BCUT2D eigenvalue weighted by Gasteiger charge is 2.32. The molecule has 1 saturated heterocycles. The van der Waals surface area contributed by atoms with Crippen LogP contribution in [0, 0.1) is 0 Å². The summed E-state index contributed by atoms with van der Waals surface area (Å²) in [6.07, 6.45) is -3.73. The van der Waals surface area contributed by atoms with Crippen LogP contribution in [-0.2, 0) is 4.79 Å². The molecule has 0 saturated carbocycles. The number of amides is 1. The van der Waals surface area contributed by atoms with Crippen molar-refractivity contribution in [1.29, 1.82) is 0 Å². The van der Waals surface area contributed by atoms with Crippen LogP contribution >= 0.6 is 0 Å². The standard InChI is InChI=1S/C9H15F3N2O.2C2H6/c1-2-8(15)14-5-3-13(4-6-14)7-9(10,11)12;2*1-2/h2-7H2,1H3;2*1-2H3. The van der Waals surface area contributed by atoms with Crippen molar-refractivity contribution >= 4 is 5.91 Å². The van der Waals surface area contributed by atoms with Gasteiger partial charge in [-0.05, 0) is 0 Å². The monoisotopic (exact) mass is 284 g/mol. The number of piperazine rings is 1. The summed E-state index contributed by atoms with van der Waals surface area (Å²) >= 11 is 0. The maximum atomic E-state index is 12.0. The van der Waals surface area contributed by atoms with Crippen molar-refractivity contribution < 1.29 is 18.0 Å². The molecule has 3 nitrogen and oxygen atoms in total. The zero-order chi connectivity index (χ0) is 15.5. The molecule has 1 rings (SSSR count). The predicted octanol–water partition coefficient (Wildman–Crippen LogP) is 3.16. The number of rotatable bonds is 2. The first-order valence-corrected chi connectivity index (χ1v) is 6.99. The fraction of sp³-hybridized carbons (Fsp3) is 0.923. The molecule has 0 spiro atoms. The van der Waals surface area contributed by atoms with Crippen LogP contribution < -0.4 is 0 Å². The summed E-state index contributed by atoms with van der Waals surface area (Å²) < 4.78 is 36.1. The average Bonchev–Trinajstić information content (AvgIpc) is 2.41. The van der Waals surface area contributed by atoms with Gasteiger partial charge in [-0.1, -0.05) is 34.6 Å². The largest absolute Gasteiger partial charge is 0.401 e. The van der Waals surface area contributed by atoms with Crippen molar-refractivity contribution in [1.82, 2.24) is 9.80 Å². The molecule has 0 N–H and O–H groups in total. The summed E-state index contributed by atoms with van der Waals surface area (Å²) in [5, 5.41) is 0. The molecule has 0 aliphatic carbocycles. The Hall–Kier alpha value is -0.780. The molecular weight excluding hydrogens is 257 g/mol. The normalized spacial score (nSPS) is 15.9. The van der Waals surface area contributed by atoms with Gasteiger partial charge in [0.2, 0.25) is 5.91 Å². The van der Waals surface area contributed by atoms with Crippen LogP contribution in [0.5, 0.6) is 0 Å². The third kappa shape index (κ3) is 9.76. The van der Waals surface area contributed by atoms with Crippen LogP contribution in [0.1, 0.15) is 41.0 Å². The summed E-state index contributed by atoms with van der Waals surface area (Å²) in [6.45, 7) is 10.3. The van der Waals surface area contributed by atoms with Crippen LogP contribution in [0.15, 0.2) is 0 Å². The van der Waals surface area contributed by atoms with Crippen LogP contribution in [-0.4, -0.2) is 54.6 Å². The van der Waals surface area contributed by atoms with E-state index in [0.717, 1.165) is 0 Å². The van der Waals surface area contributed by atoms with E-state index in [4.69, 9.17) is 0 Å². The molecule has 1 amide bonds. The number of halogens is 3. The minimum absolute atomic E-state index is 0.0154. The highest BCUT2D eigenvalue weighted by Crippen LogP contribution is 2.17. The lowest BCUT2D eigenvalue weighted by molar-refractivity contribution is -0.151. The molecule has 0 aromatic heterocycles. The quantitative estimate of drug-likeness (QED) is 0.777. The summed E-state index contributed by atoms with van der Waals surface area (Å²) in [6, 6.07) is 0. The lowest BCUT2D eigenvalue weighted by Crippen LogP contribution is -2.50. The maximum absolute atomic E-state index is 12.0. The fourth-order valence-corrected chi connectivity index (χ4v) is 1.63. The Kier molecular flexibility index (Phi) is 12.0. The number of hydrogen-bond donors (Lipinski definition) is 0. The van der Waals surface area contributed by atoms with Crippen LogP contribution in [0.2, 0.25) is 0 Å². The van der Waals surface area contributed by atoms with Crippen molar-refractivity contribution in [3.63, 3.8) is 0 Å². The maximum Gasteiger partial charge on any atom is 0.401 e. The van der Waals surface area contributed by atoms with E-state index in [9.17, 15) is 18.0 Å². The van der Waals surface area contributed by atoms with E-state index in [-0.39, 0.29) is 5.91 Å². The third-order valence-electron chi connectivity index (χ3n) is 2.43. The van der Waals surface area contributed by atoms with E-state index in [2.05, 4.69) is 0 Å². The molecule has 1 aliphatic rings.